The van der Waals surface area contributed by atoms with Crippen molar-refractivity contribution in [2.45, 2.75) is 20.5 Å². The van der Waals surface area contributed by atoms with E-state index in [1.807, 2.05) is 32.0 Å². The highest BCUT2D eigenvalue weighted by atomic mass is 19.1. The number of aryl methyl sites for hydroxylation is 2. The van der Waals surface area contributed by atoms with Crippen LogP contribution in [0, 0.1) is 19.7 Å². The van der Waals surface area contributed by atoms with Crippen molar-refractivity contribution in [2.24, 2.45) is 0 Å². The van der Waals surface area contributed by atoms with Crippen LogP contribution in [0.5, 0.6) is 5.75 Å². The third-order valence-electron chi connectivity index (χ3n) is 2.93. The molecule has 0 heterocycles. The number of hydrogen-bond acceptors (Lipinski definition) is 3. The van der Waals surface area contributed by atoms with Gasteiger partial charge >= 0.3 is 7.12 Å². The Balaban J connectivity index is 2.16. The van der Waals surface area contributed by atoms with Crippen molar-refractivity contribution in [2.75, 3.05) is 0 Å². The second-order valence-electron chi connectivity index (χ2n) is 4.85. The molecule has 0 amide bonds. The molecule has 0 saturated heterocycles. The van der Waals surface area contributed by atoms with Crippen molar-refractivity contribution in [1.29, 1.82) is 0 Å². The van der Waals surface area contributed by atoms with Crippen LogP contribution in [-0.2, 0) is 6.61 Å². The van der Waals surface area contributed by atoms with Crippen LogP contribution in [0.3, 0.4) is 0 Å². The second-order valence-corrected chi connectivity index (χ2v) is 4.85. The van der Waals surface area contributed by atoms with Crippen molar-refractivity contribution in [1.82, 2.24) is 0 Å². The highest BCUT2D eigenvalue weighted by Gasteiger charge is 2.14. The minimum Gasteiger partial charge on any atom is -0.486 e. The molecule has 0 spiro atoms. The molecule has 0 radical (unpaired) electrons. The molecule has 0 aliphatic rings. The maximum Gasteiger partial charge on any atom is 0.488 e. The maximum atomic E-state index is 13.6. The Bertz CT molecular complexity index is 594. The summed E-state index contributed by atoms with van der Waals surface area (Å²) in [5, 5.41) is 18.1. The minimum atomic E-state index is -1.64. The maximum absolute atomic E-state index is 13.6. The van der Waals surface area contributed by atoms with Crippen LogP contribution in [0.1, 0.15) is 16.7 Å². The third-order valence-corrected chi connectivity index (χ3v) is 2.93. The zero-order chi connectivity index (χ0) is 14.7. The molecule has 0 fully saturated rings. The van der Waals surface area contributed by atoms with E-state index in [0.29, 0.717) is 0 Å². The summed E-state index contributed by atoms with van der Waals surface area (Å²) in [5.74, 6) is -0.520. The summed E-state index contributed by atoms with van der Waals surface area (Å²) in [5.41, 5.74) is 3.37. The van der Waals surface area contributed by atoms with Gasteiger partial charge in [0, 0.05) is 0 Å². The monoisotopic (exact) mass is 274 g/mol. The van der Waals surface area contributed by atoms with E-state index in [4.69, 9.17) is 14.8 Å². The lowest BCUT2D eigenvalue weighted by atomic mass is 9.80. The predicted molar refractivity (Wildman–Crippen MR) is 76.5 cm³/mol. The van der Waals surface area contributed by atoms with Gasteiger partial charge in [-0.25, -0.2) is 4.39 Å². The van der Waals surface area contributed by atoms with E-state index in [1.165, 1.54) is 12.1 Å². The summed E-state index contributed by atoms with van der Waals surface area (Å²) < 4.78 is 19.0. The Morgan fingerprint density at radius 1 is 1.05 bits per heavy atom. The van der Waals surface area contributed by atoms with Gasteiger partial charge in [-0.3, -0.25) is 0 Å². The summed E-state index contributed by atoms with van der Waals surface area (Å²) in [7, 11) is -1.64. The zero-order valence-corrected chi connectivity index (χ0v) is 11.4. The van der Waals surface area contributed by atoms with Crippen LogP contribution in [0.15, 0.2) is 36.4 Å². The quantitative estimate of drug-likeness (QED) is 0.834. The van der Waals surface area contributed by atoms with Gasteiger partial charge in [0.25, 0.3) is 0 Å². The summed E-state index contributed by atoms with van der Waals surface area (Å²) in [6, 6.07) is 9.75. The van der Waals surface area contributed by atoms with E-state index in [1.54, 1.807) is 0 Å². The Morgan fingerprint density at radius 3 is 2.30 bits per heavy atom. The molecule has 2 aromatic carbocycles. The van der Waals surface area contributed by atoms with E-state index in [2.05, 4.69) is 0 Å². The van der Waals surface area contributed by atoms with E-state index < -0.39 is 12.9 Å². The van der Waals surface area contributed by atoms with E-state index in [9.17, 15) is 4.39 Å². The molecule has 2 aromatic rings. The Hall–Kier alpha value is -1.85. The summed E-state index contributed by atoms with van der Waals surface area (Å²) >= 11 is 0. The normalized spacial score (nSPS) is 10.4. The summed E-state index contributed by atoms with van der Waals surface area (Å²) in [6.45, 7) is 4.20. The number of benzene rings is 2. The molecule has 0 saturated carbocycles. The zero-order valence-electron chi connectivity index (χ0n) is 11.4. The average Bonchev–Trinajstić information content (AvgIpc) is 2.36. The molecule has 104 valence electrons. The number of ether oxygens (including phenoxy) is 1. The van der Waals surface area contributed by atoms with Gasteiger partial charge in [0.05, 0.1) is 0 Å². The van der Waals surface area contributed by atoms with Gasteiger partial charge in [-0.15, -0.1) is 0 Å². The van der Waals surface area contributed by atoms with Crippen LogP contribution in [0.4, 0.5) is 4.39 Å². The first-order valence-corrected chi connectivity index (χ1v) is 6.31. The molecule has 0 aliphatic heterocycles. The predicted octanol–water partition coefficient (Wildman–Crippen LogP) is 1.70. The van der Waals surface area contributed by atoms with Gasteiger partial charge < -0.3 is 14.8 Å². The molecular weight excluding hydrogens is 258 g/mol. The number of hydrogen-bond donors (Lipinski definition) is 2. The smallest absolute Gasteiger partial charge is 0.486 e. The fourth-order valence-corrected chi connectivity index (χ4v) is 2.10. The molecule has 20 heavy (non-hydrogen) atoms. The highest BCUT2D eigenvalue weighted by molar-refractivity contribution is 6.58. The molecule has 5 heteroatoms. The Kier molecular flexibility index (Phi) is 4.42. The van der Waals surface area contributed by atoms with E-state index >= 15 is 0 Å². The average molecular weight is 274 g/mol. The van der Waals surface area contributed by atoms with Crippen molar-refractivity contribution in [3.63, 3.8) is 0 Å². The standard InChI is InChI=1S/C15H16BFO3/c1-10-5-11(2)7-12(6-10)9-20-15-8-13(16(18)19)3-4-14(15)17/h3-8,18-19H,9H2,1-2H3. The van der Waals surface area contributed by atoms with Crippen molar-refractivity contribution in [3.8, 4) is 5.75 Å². The van der Waals surface area contributed by atoms with Gasteiger partial charge in [0.15, 0.2) is 11.6 Å². The highest BCUT2D eigenvalue weighted by Crippen LogP contribution is 2.17. The van der Waals surface area contributed by atoms with Crippen LogP contribution in [0.25, 0.3) is 0 Å². The van der Waals surface area contributed by atoms with Gasteiger partial charge in [-0.1, -0.05) is 35.4 Å². The van der Waals surface area contributed by atoms with Gasteiger partial charge in [0.1, 0.15) is 6.61 Å². The number of rotatable bonds is 4. The lowest BCUT2D eigenvalue weighted by Gasteiger charge is -2.10. The van der Waals surface area contributed by atoms with E-state index in [-0.39, 0.29) is 17.8 Å². The van der Waals surface area contributed by atoms with Crippen molar-refractivity contribution < 1.29 is 19.2 Å². The largest absolute Gasteiger partial charge is 0.488 e. The lowest BCUT2D eigenvalue weighted by Crippen LogP contribution is -2.29. The van der Waals surface area contributed by atoms with Crippen LogP contribution in [0.2, 0.25) is 0 Å². The molecule has 2 N–H and O–H groups in total. The van der Waals surface area contributed by atoms with Crippen LogP contribution in [-0.4, -0.2) is 17.2 Å². The fourth-order valence-electron chi connectivity index (χ4n) is 2.10. The molecular formula is C15H16BFO3. The van der Waals surface area contributed by atoms with Crippen molar-refractivity contribution in [3.05, 3.63) is 58.9 Å². The molecule has 0 aromatic heterocycles. The third kappa shape index (κ3) is 3.59. The molecule has 0 bridgehead atoms. The SMILES string of the molecule is Cc1cc(C)cc(COc2cc(B(O)O)ccc2F)c1. The molecule has 0 atom stereocenters. The Morgan fingerprint density at radius 2 is 1.70 bits per heavy atom. The van der Waals surface area contributed by atoms with E-state index in [0.717, 1.165) is 22.8 Å². The Labute approximate surface area is 117 Å². The molecule has 3 nitrogen and oxygen atoms in total. The van der Waals surface area contributed by atoms with Crippen LogP contribution >= 0.6 is 0 Å². The molecule has 0 unspecified atom stereocenters. The summed E-state index contributed by atoms with van der Waals surface area (Å²) in [4.78, 5) is 0. The lowest BCUT2D eigenvalue weighted by molar-refractivity contribution is 0.290. The van der Waals surface area contributed by atoms with Gasteiger partial charge in [0.2, 0.25) is 0 Å². The van der Waals surface area contributed by atoms with Gasteiger partial charge in [-0.05, 0) is 37.0 Å². The van der Waals surface area contributed by atoms with Crippen molar-refractivity contribution >= 4 is 12.6 Å². The topological polar surface area (TPSA) is 49.7 Å². The summed E-state index contributed by atoms with van der Waals surface area (Å²) in [6.07, 6.45) is 0. The number of halogens is 1. The minimum absolute atomic E-state index is 0.00904. The fraction of sp³-hybridized carbons (Fsp3) is 0.200. The first kappa shape index (κ1) is 14.6. The second kappa shape index (κ2) is 6.07. The first-order chi connectivity index (χ1) is 9.45. The molecule has 2 rings (SSSR count). The van der Waals surface area contributed by atoms with Gasteiger partial charge in [-0.2, -0.15) is 0 Å². The van der Waals surface area contributed by atoms with Crippen LogP contribution < -0.4 is 10.2 Å². The molecule has 0 aliphatic carbocycles. The first-order valence-electron chi connectivity index (χ1n) is 6.31.